The molecule has 0 aliphatic rings. The monoisotopic (exact) mass is 417 g/mol. The molecule has 0 amide bonds. The molecule has 0 rings (SSSR count). The molecule has 0 aromatic heterocycles. The van der Waals surface area contributed by atoms with Crippen molar-refractivity contribution in [3.63, 3.8) is 0 Å². The van der Waals surface area contributed by atoms with Crippen molar-refractivity contribution in [3.8, 4) is 0 Å². The van der Waals surface area contributed by atoms with Crippen molar-refractivity contribution in [2.75, 3.05) is 0 Å². The minimum atomic E-state index is -2.61. The van der Waals surface area contributed by atoms with Crippen LogP contribution in [0.2, 0.25) is 13.3 Å². The second-order valence-corrected chi connectivity index (χ2v) is 18.9. The van der Waals surface area contributed by atoms with Crippen LogP contribution in [0, 0.1) is 5.41 Å². The van der Waals surface area contributed by atoms with Crippen LogP contribution >= 0.6 is 0 Å². The molecule has 3 nitrogen and oxygen atoms in total. The molecule has 130 valence electrons. The Balaban J connectivity index is 4.83. The van der Waals surface area contributed by atoms with Crippen LogP contribution in [-0.2, 0) is 0 Å². The van der Waals surface area contributed by atoms with Gasteiger partial charge in [-0.2, -0.15) is 0 Å². The molecule has 0 bridgehead atoms. The first-order chi connectivity index (χ1) is 10.6. The summed E-state index contributed by atoms with van der Waals surface area (Å²) in [6.45, 7) is 11.5. The summed E-state index contributed by atoms with van der Waals surface area (Å²) in [4.78, 5) is 3.31. The first-order valence-electron chi connectivity index (χ1n) is 9.63. The summed E-state index contributed by atoms with van der Waals surface area (Å²) in [5, 5.41) is 0. The van der Waals surface area contributed by atoms with Crippen LogP contribution in [0.25, 0.3) is 10.4 Å². The summed E-state index contributed by atoms with van der Waals surface area (Å²) in [6.07, 6.45) is 11.5. The molecule has 0 radical (unpaired) electrons. The molecule has 0 saturated carbocycles. The summed E-state index contributed by atoms with van der Waals surface area (Å²) in [5.41, 5.74) is 9.64. The van der Waals surface area contributed by atoms with E-state index in [1.165, 1.54) is 71.1 Å². The average Bonchev–Trinajstić information content (AvgIpc) is 2.55. The van der Waals surface area contributed by atoms with Crippen LogP contribution in [0.4, 0.5) is 0 Å². The topological polar surface area (TPSA) is 48.8 Å². The zero-order valence-corrected chi connectivity index (χ0v) is 18.7. The van der Waals surface area contributed by atoms with Crippen molar-refractivity contribution in [3.05, 3.63) is 10.4 Å². The fraction of sp³-hybridized carbons (Fsp3) is 1.00. The summed E-state index contributed by atoms with van der Waals surface area (Å²) in [6, 6.07) is 0. The average molecular weight is 416 g/mol. The molecule has 22 heavy (non-hydrogen) atoms. The van der Waals surface area contributed by atoms with E-state index in [2.05, 4.69) is 42.9 Å². The summed E-state index contributed by atoms with van der Waals surface area (Å²) < 4.78 is 8.34. The van der Waals surface area contributed by atoms with E-state index in [0.717, 1.165) is 0 Å². The number of nitrogens with zero attached hydrogens (tertiary/aromatic N) is 3. The second kappa shape index (κ2) is 12.5. The van der Waals surface area contributed by atoms with Crippen molar-refractivity contribution < 1.29 is 0 Å². The molecule has 0 aromatic rings. The van der Waals surface area contributed by atoms with E-state index >= 15 is 0 Å². The van der Waals surface area contributed by atoms with Crippen LogP contribution in [-0.4, -0.2) is 18.7 Å². The molecule has 4 heteroatoms. The van der Waals surface area contributed by atoms with Gasteiger partial charge in [0, 0.05) is 0 Å². The normalized spacial score (nSPS) is 12.2. The molecule has 0 saturated heterocycles. The van der Waals surface area contributed by atoms with Gasteiger partial charge in [0.15, 0.2) is 0 Å². The summed E-state index contributed by atoms with van der Waals surface area (Å²) in [7, 11) is 0. The predicted molar refractivity (Wildman–Crippen MR) is 102 cm³/mol. The van der Waals surface area contributed by atoms with E-state index in [4.69, 9.17) is 5.53 Å². The summed E-state index contributed by atoms with van der Waals surface area (Å²) >= 11 is -2.61. The van der Waals surface area contributed by atoms with Gasteiger partial charge in [0.1, 0.15) is 0 Å². The first kappa shape index (κ1) is 22.1. The van der Waals surface area contributed by atoms with Gasteiger partial charge in [-0.25, -0.2) is 0 Å². The van der Waals surface area contributed by atoms with Crippen LogP contribution in [0.15, 0.2) is 3.34 Å². The van der Waals surface area contributed by atoms with E-state index in [-0.39, 0.29) is 0 Å². The van der Waals surface area contributed by atoms with Crippen LogP contribution in [0.3, 0.4) is 0 Å². The molecule has 0 unspecified atom stereocenters. The standard InChI is InChI=1S/C10H21.2C4H9.N3.Sn/c1-5-9-10(6-2,7-3)8-4;2*1-3-4-2;1-3-2;/h1,5-9H2,2-4H3;2*1,3-4H2,2H3;;/q;;;-1;+1. The van der Waals surface area contributed by atoms with Gasteiger partial charge in [-0.15, -0.1) is 0 Å². The fourth-order valence-corrected chi connectivity index (χ4v) is 15.4. The van der Waals surface area contributed by atoms with Gasteiger partial charge in [0.05, 0.1) is 0 Å². The maximum absolute atomic E-state index is 9.11. The Bertz CT molecular complexity index is 304. The van der Waals surface area contributed by atoms with Crippen molar-refractivity contribution in [1.29, 1.82) is 0 Å². The molecule has 0 atom stereocenters. The quantitative estimate of drug-likeness (QED) is 0.120. The van der Waals surface area contributed by atoms with Gasteiger partial charge in [0.25, 0.3) is 0 Å². The van der Waals surface area contributed by atoms with Crippen LogP contribution in [0.1, 0.15) is 92.4 Å². The zero-order chi connectivity index (χ0) is 16.9. The van der Waals surface area contributed by atoms with Gasteiger partial charge in [-0.3, -0.25) is 0 Å². The molecule has 0 fully saturated rings. The van der Waals surface area contributed by atoms with Crippen LogP contribution in [0.5, 0.6) is 0 Å². The third kappa shape index (κ3) is 7.59. The Morgan fingerprint density at radius 1 is 0.818 bits per heavy atom. The molecule has 0 spiro atoms. The van der Waals surface area contributed by atoms with Crippen molar-refractivity contribution >= 4 is 18.7 Å². The van der Waals surface area contributed by atoms with Crippen molar-refractivity contribution in [1.82, 2.24) is 0 Å². The maximum atomic E-state index is 9.11. The van der Waals surface area contributed by atoms with E-state index in [1.807, 2.05) is 0 Å². The number of unbranched alkanes of at least 4 members (excludes halogenated alkanes) is 2. The molecular weight excluding hydrogens is 377 g/mol. The molecular formula is C18H39N3Sn. The first-order valence-corrected chi connectivity index (χ1v) is 17.0. The van der Waals surface area contributed by atoms with E-state index in [1.54, 1.807) is 0 Å². The third-order valence-electron chi connectivity index (χ3n) is 5.85. The van der Waals surface area contributed by atoms with Gasteiger partial charge >= 0.3 is 144 Å². The Morgan fingerprint density at radius 3 is 1.64 bits per heavy atom. The van der Waals surface area contributed by atoms with Gasteiger partial charge in [-0.05, 0) is 0 Å². The fourth-order valence-electron chi connectivity index (χ4n) is 3.70. The Labute approximate surface area is 143 Å². The molecule has 0 aliphatic heterocycles. The van der Waals surface area contributed by atoms with Gasteiger partial charge in [0.2, 0.25) is 0 Å². The van der Waals surface area contributed by atoms with Crippen LogP contribution < -0.4 is 0 Å². The third-order valence-corrected chi connectivity index (χ3v) is 18.3. The van der Waals surface area contributed by atoms with Gasteiger partial charge < -0.3 is 0 Å². The molecule has 0 aliphatic carbocycles. The number of hydrogen-bond donors (Lipinski definition) is 0. The number of rotatable bonds is 14. The van der Waals surface area contributed by atoms with Gasteiger partial charge in [-0.1, -0.05) is 0 Å². The van der Waals surface area contributed by atoms with E-state index in [0.29, 0.717) is 5.41 Å². The molecule has 0 heterocycles. The van der Waals surface area contributed by atoms with E-state index < -0.39 is 18.7 Å². The number of hydrogen-bond acceptors (Lipinski definition) is 1. The Hall–Kier alpha value is 0.109. The summed E-state index contributed by atoms with van der Waals surface area (Å²) in [5.74, 6) is 0. The number of azide groups is 1. The molecule has 0 N–H and O–H groups in total. The SMILES string of the molecule is CCC[CH2][Sn]([CH2]CCC)([CH2]CCC(CC)(CC)CC)[N]=[N+]=[N-]. The second-order valence-electron chi connectivity index (χ2n) is 7.04. The zero-order valence-electron chi connectivity index (χ0n) is 15.8. The Kier molecular flexibility index (Phi) is 12.6. The Morgan fingerprint density at radius 2 is 1.27 bits per heavy atom. The minimum absolute atomic E-state index is 0.531. The molecule has 0 aromatic carbocycles. The van der Waals surface area contributed by atoms with Crippen molar-refractivity contribution in [2.45, 2.75) is 106 Å². The predicted octanol–water partition coefficient (Wildman–Crippen LogP) is 7.84. The van der Waals surface area contributed by atoms with Crippen molar-refractivity contribution in [2.24, 2.45) is 8.75 Å². The van der Waals surface area contributed by atoms with E-state index in [9.17, 15) is 0 Å².